The Balaban J connectivity index is 1.86. The lowest BCUT2D eigenvalue weighted by Crippen LogP contribution is -2.49. The maximum Gasteiger partial charge on any atom is 0.307 e. The predicted octanol–water partition coefficient (Wildman–Crippen LogP) is 4.87. The second-order valence-corrected chi connectivity index (χ2v) is 13.5. The summed E-state index contributed by atoms with van der Waals surface area (Å²) in [5.74, 6) is -3.08. The normalized spacial score (nSPS) is 29.7. The first kappa shape index (κ1) is 32.2. The van der Waals surface area contributed by atoms with Crippen LogP contribution in [-0.4, -0.2) is 65.5 Å². The molecule has 0 aromatic rings. The number of hydrogen-bond acceptors (Lipinski definition) is 7. The van der Waals surface area contributed by atoms with Gasteiger partial charge in [0.25, 0.3) is 0 Å². The summed E-state index contributed by atoms with van der Waals surface area (Å²) < 4.78 is 11.4. The molecule has 3 rings (SSSR count). The quantitative estimate of drug-likeness (QED) is 0.249. The van der Waals surface area contributed by atoms with Crippen LogP contribution in [0, 0.1) is 29.1 Å². The molecule has 2 heterocycles. The Morgan fingerprint density at radius 1 is 1.10 bits per heavy atom. The highest BCUT2D eigenvalue weighted by atomic mass is 16.6. The van der Waals surface area contributed by atoms with Crippen molar-refractivity contribution < 1.29 is 33.4 Å². The van der Waals surface area contributed by atoms with E-state index in [0.717, 1.165) is 32.1 Å². The van der Waals surface area contributed by atoms with E-state index >= 15 is 0 Å². The van der Waals surface area contributed by atoms with Crippen molar-refractivity contribution in [1.29, 1.82) is 0 Å². The van der Waals surface area contributed by atoms with Gasteiger partial charge in [0.2, 0.25) is 11.7 Å². The van der Waals surface area contributed by atoms with Gasteiger partial charge in [0, 0.05) is 31.9 Å². The van der Waals surface area contributed by atoms with Crippen molar-refractivity contribution in [3.05, 3.63) is 12.7 Å². The Kier molecular flexibility index (Phi) is 10.9. The SMILES string of the molecule is C=CCCC(=O)C(=O)[C@@H]1CCCCCCCOC[C@H](CC(=O)OC(C)(C)C)C(=O)N2C[C@H]3[C@@H]([C@H]2C(=O)C1)C3(C)C. The number of allylic oxidation sites excluding steroid dienone is 1. The van der Waals surface area contributed by atoms with E-state index in [1.807, 2.05) is 0 Å². The number of Topliss-reactive ketones (excluding diaryl/α,β-unsaturated/α-hetero) is 3. The fraction of sp³-hybridized carbons (Fsp3) is 0.781. The molecule has 0 spiro atoms. The number of carbonyl (C=O) groups excluding carboxylic acids is 5. The molecule has 2 saturated heterocycles. The van der Waals surface area contributed by atoms with Crippen molar-refractivity contribution >= 4 is 29.2 Å². The minimum atomic E-state index is -0.753. The highest BCUT2D eigenvalue weighted by molar-refractivity contribution is 6.38. The lowest BCUT2D eigenvalue weighted by Gasteiger charge is -2.33. The van der Waals surface area contributed by atoms with Gasteiger partial charge >= 0.3 is 5.97 Å². The van der Waals surface area contributed by atoms with Gasteiger partial charge in [0.1, 0.15) is 5.60 Å². The Hall–Kier alpha value is -2.35. The molecular formula is C32H49NO7. The first-order valence-electron chi connectivity index (χ1n) is 15.1. The summed E-state index contributed by atoms with van der Waals surface area (Å²) in [6, 6.07) is -0.667. The first-order chi connectivity index (χ1) is 18.8. The van der Waals surface area contributed by atoms with Crippen LogP contribution in [0.4, 0.5) is 0 Å². The molecule has 3 fully saturated rings. The summed E-state index contributed by atoms with van der Waals surface area (Å²) in [5, 5.41) is 0. The fourth-order valence-corrected chi connectivity index (χ4v) is 6.54. The van der Waals surface area contributed by atoms with Gasteiger partial charge < -0.3 is 14.4 Å². The lowest BCUT2D eigenvalue weighted by molar-refractivity contribution is -0.160. The molecule has 1 saturated carbocycles. The summed E-state index contributed by atoms with van der Waals surface area (Å²) >= 11 is 0. The number of ether oxygens (including phenoxy) is 2. The minimum Gasteiger partial charge on any atom is -0.460 e. The van der Waals surface area contributed by atoms with Gasteiger partial charge in [-0.05, 0) is 57.3 Å². The van der Waals surface area contributed by atoms with Gasteiger partial charge in [-0.15, -0.1) is 6.58 Å². The molecule has 0 unspecified atom stereocenters. The molecule has 1 aliphatic carbocycles. The monoisotopic (exact) mass is 559 g/mol. The zero-order valence-electron chi connectivity index (χ0n) is 25.2. The number of hydrogen-bond donors (Lipinski definition) is 0. The van der Waals surface area contributed by atoms with Gasteiger partial charge in [0.05, 0.1) is 25.0 Å². The summed E-state index contributed by atoms with van der Waals surface area (Å²) in [7, 11) is 0. The first-order valence-corrected chi connectivity index (χ1v) is 15.1. The molecule has 0 bridgehead atoms. The van der Waals surface area contributed by atoms with Crippen LogP contribution in [0.1, 0.15) is 98.8 Å². The maximum absolute atomic E-state index is 13.9. The molecule has 0 N–H and O–H groups in total. The minimum absolute atomic E-state index is 0.00171. The summed E-state index contributed by atoms with van der Waals surface area (Å²) in [5.41, 5.74) is -0.768. The van der Waals surface area contributed by atoms with Crippen molar-refractivity contribution in [1.82, 2.24) is 4.90 Å². The molecule has 5 atom stereocenters. The fourth-order valence-electron chi connectivity index (χ4n) is 6.54. The number of ketones is 3. The molecule has 40 heavy (non-hydrogen) atoms. The largest absolute Gasteiger partial charge is 0.460 e. The van der Waals surface area contributed by atoms with E-state index in [9.17, 15) is 24.0 Å². The third-order valence-electron chi connectivity index (χ3n) is 8.83. The van der Waals surface area contributed by atoms with Crippen LogP contribution in [0.25, 0.3) is 0 Å². The van der Waals surface area contributed by atoms with Crippen molar-refractivity contribution in [3.63, 3.8) is 0 Å². The van der Waals surface area contributed by atoms with Gasteiger partial charge in [-0.25, -0.2) is 0 Å². The van der Waals surface area contributed by atoms with Gasteiger partial charge in [-0.2, -0.15) is 0 Å². The second-order valence-electron chi connectivity index (χ2n) is 13.5. The average molecular weight is 560 g/mol. The maximum atomic E-state index is 13.9. The van der Waals surface area contributed by atoms with E-state index < -0.39 is 41.0 Å². The molecule has 1 amide bonds. The highest BCUT2D eigenvalue weighted by Gasteiger charge is 2.69. The third kappa shape index (κ3) is 8.11. The van der Waals surface area contributed by atoms with Gasteiger partial charge in [-0.3, -0.25) is 24.0 Å². The molecule has 3 aliphatic rings. The number of piperidine rings is 1. The second kappa shape index (κ2) is 13.5. The van der Waals surface area contributed by atoms with Crippen LogP contribution < -0.4 is 0 Å². The molecule has 224 valence electrons. The van der Waals surface area contributed by atoms with Crippen molar-refractivity contribution in [2.24, 2.45) is 29.1 Å². The number of rotatable bonds is 7. The molecular weight excluding hydrogens is 510 g/mol. The van der Waals surface area contributed by atoms with Gasteiger partial charge in [0.15, 0.2) is 11.6 Å². The average Bonchev–Trinajstić information content (AvgIpc) is 3.19. The highest BCUT2D eigenvalue weighted by Crippen LogP contribution is 2.65. The number of fused-ring (bicyclic) bond motifs is 3. The van der Waals surface area contributed by atoms with E-state index in [4.69, 9.17) is 9.47 Å². The van der Waals surface area contributed by atoms with Crippen molar-refractivity contribution in [2.45, 2.75) is 110 Å². The molecule has 8 heteroatoms. The van der Waals surface area contributed by atoms with Crippen LogP contribution in [0.3, 0.4) is 0 Å². The number of amides is 1. The topological polar surface area (TPSA) is 107 Å². The van der Waals surface area contributed by atoms with Crippen LogP contribution in [0.5, 0.6) is 0 Å². The van der Waals surface area contributed by atoms with Crippen LogP contribution in [-0.2, 0) is 33.4 Å². The van der Waals surface area contributed by atoms with E-state index in [1.165, 1.54) is 0 Å². The summed E-state index contributed by atoms with van der Waals surface area (Å²) in [6.07, 6.45) is 6.87. The molecule has 0 aromatic heterocycles. The number of nitrogens with zero attached hydrogens (tertiary/aromatic N) is 1. The molecule has 0 radical (unpaired) electrons. The number of esters is 1. The Bertz CT molecular complexity index is 978. The standard InChI is InChI=1S/C32H49NO7/c1-7-8-15-24(34)29(37)21-14-12-10-9-11-13-16-39-20-22(18-26(36)40-31(2,3)4)30(38)33-19-23-27(32(23,5)6)28(33)25(35)17-21/h7,21-23,27-28H,1,8-20H2,2-6H3/t21-,22+,23+,27+,28-/m1/s1. The molecule has 0 aromatic carbocycles. The summed E-state index contributed by atoms with van der Waals surface area (Å²) in [6.45, 7) is 14.2. The van der Waals surface area contributed by atoms with E-state index in [-0.39, 0.29) is 54.8 Å². The Labute approximate surface area is 239 Å². The molecule has 2 aliphatic heterocycles. The van der Waals surface area contributed by atoms with Crippen LogP contribution in [0.2, 0.25) is 0 Å². The molecule has 8 nitrogen and oxygen atoms in total. The summed E-state index contributed by atoms with van der Waals surface area (Å²) in [4.78, 5) is 68.0. The van der Waals surface area contributed by atoms with E-state index in [0.29, 0.717) is 26.0 Å². The zero-order valence-corrected chi connectivity index (χ0v) is 25.2. The Morgan fingerprint density at radius 2 is 1.77 bits per heavy atom. The Morgan fingerprint density at radius 3 is 2.45 bits per heavy atom. The zero-order chi connectivity index (χ0) is 29.7. The van der Waals surface area contributed by atoms with Crippen molar-refractivity contribution in [3.8, 4) is 0 Å². The predicted molar refractivity (Wildman–Crippen MR) is 151 cm³/mol. The smallest absolute Gasteiger partial charge is 0.307 e. The van der Waals surface area contributed by atoms with E-state index in [1.54, 1.807) is 31.7 Å². The van der Waals surface area contributed by atoms with Crippen molar-refractivity contribution in [2.75, 3.05) is 19.8 Å². The third-order valence-corrected chi connectivity index (χ3v) is 8.83. The van der Waals surface area contributed by atoms with E-state index in [2.05, 4.69) is 20.4 Å². The van der Waals surface area contributed by atoms with Crippen LogP contribution >= 0.6 is 0 Å². The number of carbonyl (C=O) groups is 5. The van der Waals surface area contributed by atoms with Gasteiger partial charge in [-0.1, -0.05) is 45.6 Å². The van der Waals surface area contributed by atoms with Crippen LogP contribution in [0.15, 0.2) is 12.7 Å². The lowest BCUT2D eigenvalue weighted by atomic mass is 9.85.